The second kappa shape index (κ2) is 5.66. The van der Waals surface area contributed by atoms with Crippen molar-refractivity contribution in [2.75, 3.05) is 5.32 Å². The topological polar surface area (TPSA) is 37.8 Å². The lowest BCUT2D eigenvalue weighted by molar-refractivity contribution is -0.137. The zero-order valence-corrected chi connectivity index (χ0v) is 11.3. The number of hydrogen-bond donors (Lipinski definition) is 1. The highest BCUT2D eigenvalue weighted by atomic mass is 35.5. The summed E-state index contributed by atoms with van der Waals surface area (Å²) in [5.74, 6) is 0.409. The predicted octanol–water partition coefficient (Wildman–Crippen LogP) is 4.45. The molecule has 0 unspecified atom stereocenters. The monoisotopic (exact) mass is 301 g/mol. The van der Waals surface area contributed by atoms with E-state index in [2.05, 4.69) is 15.3 Å². The Bertz CT molecular complexity index is 614. The van der Waals surface area contributed by atoms with Crippen LogP contribution in [0.15, 0.2) is 30.6 Å². The average molecular weight is 302 g/mol. The van der Waals surface area contributed by atoms with Gasteiger partial charge in [0.15, 0.2) is 0 Å². The lowest BCUT2D eigenvalue weighted by atomic mass is 10.2. The molecular formula is C13H11ClF3N3. The van der Waals surface area contributed by atoms with E-state index in [0.29, 0.717) is 23.5 Å². The number of alkyl halides is 3. The van der Waals surface area contributed by atoms with Gasteiger partial charge in [-0.2, -0.15) is 13.2 Å². The molecule has 106 valence electrons. The minimum absolute atomic E-state index is 0.289. The molecule has 3 nitrogen and oxygen atoms in total. The minimum Gasteiger partial charge on any atom is -0.340 e. The summed E-state index contributed by atoms with van der Waals surface area (Å²) in [6.45, 7) is 1.86. The molecule has 0 radical (unpaired) electrons. The van der Waals surface area contributed by atoms with Crippen LogP contribution < -0.4 is 5.32 Å². The van der Waals surface area contributed by atoms with Crippen LogP contribution >= 0.6 is 11.6 Å². The summed E-state index contributed by atoms with van der Waals surface area (Å²) in [5, 5.41) is 3.13. The lowest BCUT2D eigenvalue weighted by Crippen LogP contribution is -2.06. The Balaban J connectivity index is 2.34. The molecule has 20 heavy (non-hydrogen) atoms. The first-order valence-corrected chi connectivity index (χ1v) is 6.23. The summed E-state index contributed by atoms with van der Waals surface area (Å²) in [7, 11) is 0. The summed E-state index contributed by atoms with van der Waals surface area (Å²) in [5.41, 5.74) is 0.233. The Kier molecular flexibility index (Phi) is 4.13. The molecule has 0 spiro atoms. The maximum Gasteiger partial charge on any atom is 0.416 e. The van der Waals surface area contributed by atoms with Gasteiger partial charge in [0.25, 0.3) is 0 Å². The molecule has 0 fully saturated rings. The van der Waals surface area contributed by atoms with Crippen LogP contribution in [0.3, 0.4) is 0 Å². The summed E-state index contributed by atoms with van der Waals surface area (Å²) in [6.07, 6.45) is -2.55. The van der Waals surface area contributed by atoms with Crippen LogP contribution in [0, 0.1) is 0 Å². The first kappa shape index (κ1) is 14.6. The molecule has 0 aliphatic carbocycles. The number of hydrogen-bond acceptors (Lipinski definition) is 3. The maximum atomic E-state index is 12.6. The molecule has 0 atom stereocenters. The Morgan fingerprint density at radius 3 is 2.65 bits per heavy atom. The van der Waals surface area contributed by atoms with Crippen LogP contribution in [0.4, 0.5) is 24.7 Å². The largest absolute Gasteiger partial charge is 0.416 e. The SMILES string of the molecule is CCc1c(Cl)ncnc1Nc1cccc(C(F)(F)F)c1. The second-order valence-corrected chi connectivity index (χ2v) is 4.41. The quantitative estimate of drug-likeness (QED) is 0.851. The molecule has 2 aromatic rings. The average Bonchev–Trinajstić information content (AvgIpc) is 2.38. The standard InChI is InChI=1S/C13H11ClF3N3/c1-2-10-11(14)18-7-19-12(10)20-9-5-3-4-8(6-9)13(15,16)17/h3-7H,2H2,1H3,(H,18,19,20). The van der Waals surface area contributed by atoms with Gasteiger partial charge in [-0.3, -0.25) is 0 Å². The number of aromatic nitrogens is 2. The van der Waals surface area contributed by atoms with E-state index in [1.54, 1.807) is 0 Å². The van der Waals surface area contributed by atoms with Gasteiger partial charge < -0.3 is 5.32 Å². The number of nitrogens with one attached hydrogen (secondary N) is 1. The lowest BCUT2D eigenvalue weighted by Gasteiger charge is -2.12. The highest BCUT2D eigenvalue weighted by Gasteiger charge is 2.30. The van der Waals surface area contributed by atoms with Crippen LogP contribution in [-0.2, 0) is 12.6 Å². The fraction of sp³-hybridized carbons (Fsp3) is 0.231. The molecule has 0 bridgehead atoms. The van der Waals surface area contributed by atoms with E-state index in [1.807, 2.05) is 6.92 Å². The fourth-order valence-corrected chi connectivity index (χ4v) is 1.99. The zero-order chi connectivity index (χ0) is 14.8. The zero-order valence-electron chi connectivity index (χ0n) is 10.5. The smallest absolute Gasteiger partial charge is 0.340 e. The van der Waals surface area contributed by atoms with E-state index >= 15 is 0 Å². The van der Waals surface area contributed by atoms with Crippen molar-refractivity contribution in [3.63, 3.8) is 0 Å². The summed E-state index contributed by atoms with van der Waals surface area (Å²) in [4.78, 5) is 7.85. The molecule has 1 aromatic heterocycles. The number of benzene rings is 1. The van der Waals surface area contributed by atoms with Gasteiger partial charge in [-0.25, -0.2) is 9.97 Å². The van der Waals surface area contributed by atoms with Gasteiger partial charge in [-0.1, -0.05) is 24.6 Å². The summed E-state index contributed by atoms with van der Waals surface area (Å²) < 4.78 is 37.9. The van der Waals surface area contributed by atoms with Crippen LogP contribution in [-0.4, -0.2) is 9.97 Å². The summed E-state index contributed by atoms with van der Waals surface area (Å²) >= 11 is 5.93. The van der Waals surface area contributed by atoms with E-state index in [4.69, 9.17) is 11.6 Å². The van der Waals surface area contributed by atoms with Crippen LogP contribution in [0.2, 0.25) is 5.15 Å². The molecule has 1 aromatic carbocycles. The van der Waals surface area contributed by atoms with Crippen molar-refractivity contribution in [1.29, 1.82) is 0 Å². The van der Waals surface area contributed by atoms with Gasteiger partial charge in [-0.05, 0) is 24.6 Å². The second-order valence-electron chi connectivity index (χ2n) is 4.05. The third-order valence-electron chi connectivity index (χ3n) is 2.70. The predicted molar refractivity (Wildman–Crippen MR) is 71.1 cm³/mol. The number of halogens is 4. The first-order valence-electron chi connectivity index (χ1n) is 5.85. The molecule has 2 rings (SSSR count). The van der Waals surface area contributed by atoms with E-state index in [0.717, 1.165) is 12.1 Å². The van der Waals surface area contributed by atoms with E-state index in [1.165, 1.54) is 18.5 Å². The Morgan fingerprint density at radius 2 is 2.00 bits per heavy atom. The molecule has 1 heterocycles. The third kappa shape index (κ3) is 3.19. The molecule has 0 amide bonds. The molecular weight excluding hydrogens is 291 g/mol. The van der Waals surface area contributed by atoms with Crippen LogP contribution in [0.5, 0.6) is 0 Å². The van der Waals surface area contributed by atoms with Gasteiger partial charge in [0.2, 0.25) is 0 Å². The first-order chi connectivity index (χ1) is 9.41. The normalized spacial score (nSPS) is 11.4. The van der Waals surface area contributed by atoms with Crippen molar-refractivity contribution in [3.8, 4) is 0 Å². The minimum atomic E-state index is -4.38. The molecule has 1 N–H and O–H groups in total. The van der Waals surface area contributed by atoms with E-state index < -0.39 is 11.7 Å². The number of nitrogens with zero attached hydrogens (tertiary/aromatic N) is 2. The van der Waals surface area contributed by atoms with Gasteiger partial charge in [0, 0.05) is 11.3 Å². The molecule has 0 aliphatic rings. The molecule has 0 aliphatic heterocycles. The fourth-order valence-electron chi connectivity index (χ4n) is 1.72. The number of anilines is 2. The Labute approximate surface area is 118 Å². The Hall–Kier alpha value is -1.82. The van der Waals surface area contributed by atoms with Gasteiger partial charge in [0.05, 0.1) is 5.56 Å². The molecule has 0 saturated heterocycles. The van der Waals surface area contributed by atoms with Gasteiger partial charge >= 0.3 is 6.18 Å². The van der Waals surface area contributed by atoms with Crippen LogP contribution in [0.1, 0.15) is 18.1 Å². The Morgan fingerprint density at radius 1 is 1.25 bits per heavy atom. The molecule has 0 saturated carbocycles. The van der Waals surface area contributed by atoms with Crippen molar-refractivity contribution in [2.45, 2.75) is 19.5 Å². The third-order valence-corrected chi connectivity index (χ3v) is 3.02. The van der Waals surface area contributed by atoms with Crippen molar-refractivity contribution in [1.82, 2.24) is 9.97 Å². The maximum absolute atomic E-state index is 12.6. The number of rotatable bonds is 3. The highest BCUT2D eigenvalue weighted by molar-refractivity contribution is 6.30. The van der Waals surface area contributed by atoms with Crippen LogP contribution in [0.25, 0.3) is 0 Å². The van der Waals surface area contributed by atoms with Gasteiger partial charge in [-0.15, -0.1) is 0 Å². The van der Waals surface area contributed by atoms with Crippen molar-refractivity contribution < 1.29 is 13.2 Å². The van der Waals surface area contributed by atoms with Crippen molar-refractivity contribution >= 4 is 23.1 Å². The van der Waals surface area contributed by atoms with Crippen molar-refractivity contribution in [3.05, 3.63) is 46.9 Å². The molecule has 7 heteroatoms. The van der Waals surface area contributed by atoms with E-state index in [-0.39, 0.29) is 5.15 Å². The van der Waals surface area contributed by atoms with Crippen molar-refractivity contribution in [2.24, 2.45) is 0 Å². The summed E-state index contributed by atoms with van der Waals surface area (Å²) in [6, 6.07) is 4.90. The van der Waals surface area contributed by atoms with Gasteiger partial charge in [0.1, 0.15) is 17.3 Å². The van der Waals surface area contributed by atoms with E-state index in [9.17, 15) is 13.2 Å². The highest BCUT2D eigenvalue weighted by Crippen LogP contribution is 2.32.